The van der Waals surface area contributed by atoms with E-state index in [0.29, 0.717) is 0 Å². The maximum absolute atomic E-state index is 5.15. The molecule has 2 nitrogen and oxygen atoms in total. The van der Waals surface area contributed by atoms with E-state index in [1.54, 1.807) is 11.9 Å². The summed E-state index contributed by atoms with van der Waals surface area (Å²) in [6, 6.07) is 0. The molecule has 0 aliphatic heterocycles. The van der Waals surface area contributed by atoms with Gasteiger partial charge in [0.2, 0.25) is 0 Å². The number of rotatable bonds is 1. The fourth-order valence-electron chi connectivity index (χ4n) is 0.273. The van der Waals surface area contributed by atoms with Crippen molar-refractivity contribution in [2.75, 3.05) is 27.4 Å². The largest absolute Gasteiger partial charge is 0.363 e. The lowest BCUT2D eigenvalue weighted by Crippen LogP contribution is -2.17. The van der Waals surface area contributed by atoms with E-state index < -0.39 is 0 Å². The van der Waals surface area contributed by atoms with Gasteiger partial charge >= 0.3 is 0 Å². The number of thiocarbonyl (C=S) groups is 2. The summed E-state index contributed by atoms with van der Waals surface area (Å²) >= 11 is 11.8. The minimum atomic E-state index is 0.835. The van der Waals surface area contributed by atoms with Crippen LogP contribution in [0.1, 0.15) is 0 Å². The molecule has 0 atom stereocenters. The normalized spacial score (nSPS) is 9.54. The molecule has 0 aromatic rings. The van der Waals surface area contributed by atoms with Gasteiger partial charge < -0.3 is 9.21 Å². The Bertz CT molecular complexity index is 193. The summed E-state index contributed by atoms with van der Waals surface area (Å²) in [6.45, 7) is 0. The summed E-state index contributed by atoms with van der Waals surface area (Å²) < 4.78 is 3.61. The van der Waals surface area contributed by atoms with E-state index in [1.165, 1.54) is 21.6 Å². The van der Waals surface area contributed by atoms with E-state index in [2.05, 4.69) is 0 Å². The monoisotopic (exact) mass is 272 g/mol. The molecule has 0 rings (SSSR count). The second-order valence-electron chi connectivity index (χ2n) is 2.27. The van der Waals surface area contributed by atoms with Crippen molar-refractivity contribution in [3.05, 3.63) is 0 Å². The molecule has 0 radical (unpaired) electrons. The zero-order chi connectivity index (χ0) is 10.4. The van der Waals surface area contributed by atoms with Crippen molar-refractivity contribution in [3.8, 4) is 0 Å². The molecule has 0 heterocycles. The van der Waals surface area contributed by atoms with Gasteiger partial charge in [0, 0.05) is 27.4 Å². The fourth-order valence-corrected chi connectivity index (χ4v) is 3.34. The van der Waals surface area contributed by atoms with Crippen LogP contribution in [0.15, 0.2) is 0 Å². The Balaban J connectivity index is 3.77. The third-order valence-electron chi connectivity index (χ3n) is 1.08. The van der Waals surface area contributed by atoms with Gasteiger partial charge in [0.25, 0.3) is 0 Å². The average Bonchev–Trinajstić information content (AvgIpc) is 2.11. The molecule has 0 N–H and O–H groups in total. The Hall–Kier alpha value is 0.830. The molecule has 0 saturated heterocycles. The summed E-state index contributed by atoms with van der Waals surface area (Å²) in [7, 11) is 8.83. The molecule has 0 bridgehead atoms. The highest BCUT2D eigenvalue weighted by atomic mass is 33.1. The average molecular weight is 273 g/mol. The molecule has 0 unspecified atom stereocenters. The molecule has 0 aromatic heterocycles. The predicted octanol–water partition coefficient (Wildman–Crippen LogP) is 2.71. The van der Waals surface area contributed by atoms with Gasteiger partial charge in [-0.05, 0) is 21.6 Å². The van der Waals surface area contributed by atoms with Crippen LogP contribution in [0.4, 0.5) is 0 Å². The molecule has 76 valence electrons. The topological polar surface area (TPSA) is 6.48 Å². The van der Waals surface area contributed by atoms with Gasteiger partial charge in [0.15, 0.2) is 4.32 Å². The molecular formula is C6H12N2S5. The third kappa shape index (κ3) is 6.01. The van der Waals surface area contributed by atoms with Gasteiger partial charge in [-0.25, -0.2) is 0 Å². The van der Waals surface area contributed by atoms with Gasteiger partial charge in [0.05, 0.1) is 0 Å². The van der Waals surface area contributed by atoms with Crippen LogP contribution in [-0.2, 0) is 0 Å². The molecular weight excluding hydrogens is 260 g/mol. The fraction of sp³-hybridized carbons (Fsp3) is 0.667. The van der Waals surface area contributed by atoms with Gasteiger partial charge in [-0.15, -0.1) is 0 Å². The standard InChI is InChI=1S/C6H12N2S5/c1-7(2)5(9)12-13-6(10)8(3)11-4/h1-4H3. The molecule has 0 amide bonds. The number of nitrogens with zero attached hydrogens (tertiary/aromatic N) is 2. The van der Waals surface area contributed by atoms with Crippen LogP contribution in [0.3, 0.4) is 0 Å². The Morgan fingerprint density at radius 2 is 1.46 bits per heavy atom. The first-order valence-corrected chi connectivity index (χ1v) is 7.51. The highest BCUT2D eigenvalue weighted by Gasteiger charge is 2.07. The summed E-state index contributed by atoms with van der Waals surface area (Å²) in [6.07, 6.45) is 1.99. The third-order valence-corrected chi connectivity index (χ3v) is 6.02. The molecule has 0 aliphatic carbocycles. The van der Waals surface area contributed by atoms with Crippen LogP contribution < -0.4 is 0 Å². The van der Waals surface area contributed by atoms with Gasteiger partial charge in [0.1, 0.15) is 4.32 Å². The predicted molar refractivity (Wildman–Crippen MR) is 75.3 cm³/mol. The van der Waals surface area contributed by atoms with Crippen LogP contribution in [0.2, 0.25) is 0 Å². The first-order chi connectivity index (χ1) is 5.99. The second kappa shape index (κ2) is 7.17. The summed E-state index contributed by atoms with van der Waals surface area (Å²) in [5, 5.41) is 0. The molecule has 0 fully saturated rings. The summed E-state index contributed by atoms with van der Waals surface area (Å²) in [5.41, 5.74) is 0. The number of hydrogen-bond acceptors (Lipinski definition) is 5. The molecule has 0 saturated carbocycles. The van der Waals surface area contributed by atoms with Crippen molar-refractivity contribution >= 4 is 66.6 Å². The lowest BCUT2D eigenvalue weighted by Gasteiger charge is -2.16. The van der Waals surface area contributed by atoms with Crippen molar-refractivity contribution in [1.29, 1.82) is 0 Å². The van der Waals surface area contributed by atoms with E-state index in [4.69, 9.17) is 24.4 Å². The lowest BCUT2D eigenvalue weighted by atomic mass is 11.0. The molecule has 7 heteroatoms. The van der Waals surface area contributed by atoms with Crippen LogP contribution in [0.25, 0.3) is 0 Å². The van der Waals surface area contributed by atoms with Gasteiger partial charge in [-0.2, -0.15) is 0 Å². The first kappa shape index (κ1) is 13.8. The molecule has 0 spiro atoms. The van der Waals surface area contributed by atoms with E-state index >= 15 is 0 Å². The van der Waals surface area contributed by atoms with Crippen LogP contribution in [0.5, 0.6) is 0 Å². The molecule has 0 aromatic carbocycles. The van der Waals surface area contributed by atoms with Crippen LogP contribution >= 0.6 is 58.0 Å². The van der Waals surface area contributed by atoms with Crippen molar-refractivity contribution in [3.63, 3.8) is 0 Å². The van der Waals surface area contributed by atoms with E-state index in [-0.39, 0.29) is 0 Å². The van der Waals surface area contributed by atoms with Crippen molar-refractivity contribution in [2.24, 2.45) is 0 Å². The number of hydrogen-bond donors (Lipinski definition) is 0. The van der Waals surface area contributed by atoms with E-state index in [1.807, 2.05) is 36.6 Å². The van der Waals surface area contributed by atoms with Crippen LogP contribution in [-0.4, -0.2) is 45.2 Å². The smallest absolute Gasteiger partial charge is 0.157 e. The van der Waals surface area contributed by atoms with Gasteiger partial charge in [-0.1, -0.05) is 36.4 Å². The zero-order valence-corrected chi connectivity index (χ0v) is 12.0. The minimum absolute atomic E-state index is 0.835. The summed E-state index contributed by atoms with van der Waals surface area (Å²) in [4.78, 5) is 1.90. The second-order valence-corrected chi connectivity index (χ2v) is 6.58. The van der Waals surface area contributed by atoms with Crippen molar-refractivity contribution < 1.29 is 0 Å². The van der Waals surface area contributed by atoms with E-state index in [9.17, 15) is 0 Å². The maximum Gasteiger partial charge on any atom is 0.157 e. The van der Waals surface area contributed by atoms with Crippen LogP contribution in [0, 0.1) is 0 Å². The highest BCUT2D eigenvalue weighted by Crippen LogP contribution is 2.28. The molecule has 13 heavy (non-hydrogen) atoms. The Labute approximate surface area is 103 Å². The first-order valence-electron chi connectivity index (χ1n) is 3.36. The van der Waals surface area contributed by atoms with Gasteiger partial charge in [-0.3, -0.25) is 0 Å². The minimum Gasteiger partial charge on any atom is -0.363 e. The van der Waals surface area contributed by atoms with Crippen molar-refractivity contribution in [2.45, 2.75) is 0 Å². The maximum atomic E-state index is 5.15. The Kier molecular flexibility index (Phi) is 7.62. The Morgan fingerprint density at radius 1 is 1.00 bits per heavy atom. The summed E-state index contributed by atoms with van der Waals surface area (Å²) in [5.74, 6) is 0. The molecule has 0 aliphatic rings. The van der Waals surface area contributed by atoms with E-state index in [0.717, 1.165) is 8.64 Å². The van der Waals surface area contributed by atoms with Crippen molar-refractivity contribution in [1.82, 2.24) is 9.21 Å². The SMILES string of the molecule is CSN(C)C(=S)SSC(=S)N(C)C. The zero-order valence-electron chi connectivity index (χ0n) is 7.94. The lowest BCUT2D eigenvalue weighted by molar-refractivity contribution is 0.648. The Morgan fingerprint density at radius 3 is 1.85 bits per heavy atom. The quantitative estimate of drug-likeness (QED) is 0.406. The highest BCUT2D eigenvalue weighted by molar-refractivity contribution is 8.89.